The highest BCUT2D eigenvalue weighted by Crippen LogP contribution is 2.22. The Hall–Kier alpha value is -2.28. The van der Waals surface area contributed by atoms with Gasteiger partial charge in [0.05, 0.1) is 0 Å². The first kappa shape index (κ1) is 15.1. The molecule has 0 saturated carbocycles. The Morgan fingerprint density at radius 3 is 2.24 bits per heavy atom. The standard InChI is InChI=1S/C14H11F3N2OS/c15-12-7-9(3-6-11(12)13(18)21)19-8-1-4-10(5-2-8)20-14(16)17/h1-7,14,19H,(H2,18,21). The summed E-state index contributed by atoms with van der Waals surface area (Å²) >= 11 is 4.71. The molecule has 0 aliphatic rings. The van der Waals surface area contributed by atoms with Crippen molar-refractivity contribution in [2.24, 2.45) is 5.73 Å². The minimum absolute atomic E-state index is 0.0208. The molecule has 0 heterocycles. The summed E-state index contributed by atoms with van der Waals surface area (Å²) in [6.45, 7) is -2.87. The van der Waals surface area contributed by atoms with Crippen LogP contribution < -0.4 is 15.8 Å². The monoisotopic (exact) mass is 312 g/mol. The summed E-state index contributed by atoms with van der Waals surface area (Å²) in [6.07, 6.45) is 0. The molecule has 0 radical (unpaired) electrons. The van der Waals surface area contributed by atoms with E-state index in [0.717, 1.165) is 0 Å². The number of ether oxygens (including phenoxy) is 1. The molecule has 110 valence electrons. The van der Waals surface area contributed by atoms with Gasteiger partial charge in [-0.15, -0.1) is 0 Å². The van der Waals surface area contributed by atoms with Crippen molar-refractivity contribution >= 4 is 28.6 Å². The van der Waals surface area contributed by atoms with Crippen LogP contribution in [0.5, 0.6) is 5.75 Å². The number of alkyl halides is 2. The highest BCUT2D eigenvalue weighted by Gasteiger charge is 2.07. The number of anilines is 2. The molecule has 3 N–H and O–H groups in total. The number of hydrogen-bond acceptors (Lipinski definition) is 3. The van der Waals surface area contributed by atoms with Crippen molar-refractivity contribution in [3.63, 3.8) is 0 Å². The molecular formula is C14H11F3N2OS. The highest BCUT2D eigenvalue weighted by atomic mass is 32.1. The van der Waals surface area contributed by atoms with Crippen LogP contribution in [0.15, 0.2) is 42.5 Å². The van der Waals surface area contributed by atoms with Crippen LogP contribution in [0.1, 0.15) is 5.56 Å². The summed E-state index contributed by atoms with van der Waals surface area (Å²) in [6, 6.07) is 10.2. The van der Waals surface area contributed by atoms with Crippen molar-refractivity contribution in [3.8, 4) is 5.75 Å². The van der Waals surface area contributed by atoms with Gasteiger partial charge in [0.15, 0.2) is 0 Å². The van der Waals surface area contributed by atoms with Crippen LogP contribution in [0.3, 0.4) is 0 Å². The predicted molar refractivity (Wildman–Crippen MR) is 78.6 cm³/mol. The van der Waals surface area contributed by atoms with Crippen molar-refractivity contribution in [1.29, 1.82) is 0 Å². The van der Waals surface area contributed by atoms with Gasteiger partial charge in [-0.1, -0.05) is 12.2 Å². The van der Waals surface area contributed by atoms with Crippen LogP contribution >= 0.6 is 12.2 Å². The van der Waals surface area contributed by atoms with E-state index in [1.165, 1.54) is 36.4 Å². The molecule has 3 nitrogen and oxygen atoms in total. The zero-order chi connectivity index (χ0) is 15.4. The Bertz CT molecular complexity index is 647. The van der Waals surface area contributed by atoms with Gasteiger partial charge in [-0.05, 0) is 42.5 Å². The lowest BCUT2D eigenvalue weighted by Gasteiger charge is -2.09. The third-order valence-corrected chi connectivity index (χ3v) is 2.82. The minimum atomic E-state index is -2.87. The van der Waals surface area contributed by atoms with Crippen LogP contribution in [-0.2, 0) is 0 Å². The van der Waals surface area contributed by atoms with E-state index >= 15 is 0 Å². The first-order valence-corrected chi connectivity index (χ1v) is 6.28. The van der Waals surface area contributed by atoms with E-state index in [-0.39, 0.29) is 16.3 Å². The van der Waals surface area contributed by atoms with Crippen molar-refractivity contribution in [1.82, 2.24) is 0 Å². The zero-order valence-electron chi connectivity index (χ0n) is 10.6. The summed E-state index contributed by atoms with van der Waals surface area (Å²) in [7, 11) is 0. The van der Waals surface area contributed by atoms with Gasteiger partial charge < -0.3 is 15.8 Å². The Morgan fingerprint density at radius 1 is 1.10 bits per heavy atom. The highest BCUT2D eigenvalue weighted by molar-refractivity contribution is 7.80. The van der Waals surface area contributed by atoms with Gasteiger partial charge in [-0.3, -0.25) is 0 Å². The Balaban J connectivity index is 2.11. The second-order valence-electron chi connectivity index (χ2n) is 4.09. The number of benzene rings is 2. The fourth-order valence-electron chi connectivity index (χ4n) is 1.68. The smallest absolute Gasteiger partial charge is 0.387 e. The number of halogens is 3. The van der Waals surface area contributed by atoms with Gasteiger partial charge in [0.1, 0.15) is 16.6 Å². The predicted octanol–water partition coefficient (Wildman–Crippen LogP) is 3.80. The molecule has 0 aliphatic carbocycles. The summed E-state index contributed by atoms with van der Waals surface area (Å²) in [5.74, 6) is -0.490. The summed E-state index contributed by atoms with van der Waals surface area (Å²) in [5, 5.41) is 2.92. The Kier molecular flexibility index (Phi) is 4.64. The fraction of sp³-hybridized carbons (Fsp3) is 0.0714. The number of nitrogens with one attached hydrogen (secondary N) is 1. The summed E-state index contributed by atoms with van der Waals surface area (Å²) < 4.78 is 42.0. The second-order valence-corrected chi connectivity index (χ2v) is 4.53. The number of rotatable bonds is 5. The van der Waals surface area contributed by atoms with E-state index in [1.54, 1.807) is 6.07 Å². The Morgan fingerprint density at radius 2 is 1.71 bits per heavy atom. The maximum absolute atomic E-state index is 13.7. The van der Waals surface area contributed by atoms with Crippen molar-refractivity contribution in [2.45, 2.75) is 6.61 Å². The number of hydrogen-bond donors (Lipinski definition) is 2. The molecule has 7 heteroatoms. The first-order valence-electron chi connectivity index (χ1n) is 5.87. The largest absolute Gasteiger partial charge is 0.435 e. The molecule has 0 saturated heterocycles. The van der Waals surface area contributed by atoms with Gasteiger partial charge in [-0.2, -0.15) is 8.78 Å². The molecule has 0 aliphatic heterocycles. The third kappa shape index (κ3) is 4.09. The molecule has 0 bridgehead atoms. The van der Waals surface area contributed by atoms with Crippen LogP contribution in [-0.4, -0.2) is 11.6 Å². The maximum atomic E-state index is 13.7. The lowest BCUT2D eigenvalue weighted by Crippen LogP contribution is -2.11. The second kappa shape index (κ2) is 6.45. The van der Waals surface area contributed by atoms with Gasteiger partial charge in [-0.25, -0.2) is 4.39 Å². The lowest BCUT2D eigenvalue weighted by atomic mass is 10.2. The fourth-order valence-corrected chi connectivity index (χ4v) is 1.84. The quantitative estimate of drug-likeness (QED) is 0.824. The summed E-state index contributed by atoms with van der Waals surface area (Å²) in [4.78, 5) is -0.0208. The van der Waals surface area contributed by atoms with E-state index in [9.17, 15) is 13.2 Å². The van der Waals surface area contributed by atoms with E-state index in [0.29, 0.717) is 11.4 Å². The molecule has 2 aromatic rings. The third-order valence-electron chi connectivity index (χ3n) is 2.60. The molecule has 0 unspecified atom stereocenters. The molecular weight excluding hydrogens is 301 g/mol. The van der Waals surface area contributed by atoms with E-state index in [4.69, 9.17) is 18.0 Å². The normalized spacial score (nSPS) is 10.5. The summed E-state index contributed by atoms with van der Waals surface area (Å²) in [5.41, 5.74) is 6.61. The van der Waals surface area contributed by atoms with Crippen LogP contribution in [0, 0.1) is 5.82 Å². The molecule has 0 atom stereocenters. The molecule has 0 spiro atoms. The molecule has 0 aromatic heterocycles. The van der Waals surface area contributed by atoms with Gasteiger partial charge in [0.25, 0.3) is 0 Å². The lowest BCUT2D eigenvalue weighted by molar-refractivity contribution is -0.0498. The average molecular weight is 312 g/mol. The molecule has 2 aromatic carbocycles. The zero-order valence-corrected chi connectivity index (χ0v) is 11.5. The topological polar surface area (TPSA) is 47.3 Å². The maximum Gasteiger partial charge on any atom is 0.387 e. The van der Waals surface area contributed by atoms with Crippen LogP contribution in [0.25, 0.3) is 0 Å². The average Bonchev–Trinajstić information content (AvgIpc) is 2.40. The number of thiocarbonyl (C=S) groups is 1. The van der Waals surface area contributed by atoms with Crippen molar-refractivity contribution in [2.75, 3.05) is 5.32 Å². The van der Waals surface area contributed by atoms with E-state index in [1.807, 2.05) is 0 Å². The van der Waals surface area contributed by atoms with Crippen molar-refractivity contribution < 1.29 is 17.9 Å². The van der Waals surface area contributed by atoms with Gasteiger partial charge >= 0.3 is 6.61 Å². The van der Waals surface area contributed by atoms with Gasteiger partial charge in [0.2, 0.25) is 0 Å². The van der Waals surface area contributed by atoms with E-state index in [2.05, 4.69) is 10.1 Å². The molecule has 0 amide bonds. The van der Waals surface area contributed by atoms with Crippen LogP contribution in [0.4, 0.5) is 24.5 Å². The van der Waals surface area contributed by atoms with Gasteiger partial charge in [0, 0.05) is 16.9 Å². The van der Waals surface area contributed by atoms with Crippen molar-refractivity contribution in [3.05, 3.63) is 53.8 Å². The van der Waals surface area contributed by atoms with E-state index < -0.39 is 12.4 Å². The molecule has 21 heavy (non-hydrogen) atoms. The first-order chi connectivity index (χ1) is 9.95. The molecule has 2 rings (SSSR count). The number of nitrogens with two attached hydrogens (primary N) is 1. The SMILES string of the molecule is NC(=S)c1ccc(Nc2ccc(OC(F)F)cc2)cc1F. The minimum Gasteiger partial charge on any atom is -0.435 e. The van der Waals surface area contributed by atoms with Crippen LogP contribution in [0.2, 0.25) is 0 Å². The molecule has 0 fully saturated rings. The Labute approximate surface area is 124 Å².